The smallest absolute Gasteiger partial charge is 0.199 e. The minimum Gasteiger partial charge on any atom is -0.300 e. The Kier molecular flexibility index (Phi) is 6.96. The van der Waals surface area contributed by atoms with E-state index in [0.717, 1.165) is 30.8 Å². The van der Waals surface area contributed by atoms with E-state index in [-0.39, 0.29) is 17.5 Å². The molecule has 1 aliphatic heterocycles. The molecule has 0 radical (unpaired) electrons. The Morgan fingerprint density at radius 3 is 2.57 bits per heavy atom. The SMILES string of the molecule is CCCCN(Cn1nc(-c2ccc(Cl)cc2)n(CC)c1=S)C1CCS(=O)(=O)C1. The van der Waals surface area contributed by atoms with Gasteiger partial charge in [-0.15, -0.1) is 0 Å². The van der Waals surface area contributed by atoms with Crippen LogP contribution in [0.25, 0.3) is 11.4 Å². The van der Waals surface area contributed by atoms with Crippen LogP contribution in [0.3, 0.4) is 0 Å². The lowest BCUT2D eigenvalue weighted by Gasteiger charge is -2.27. The summed E-state index contributed by atoms with van der Waals surface area (Å²) in [6, 6.07) is 7.60. The van der Waals surface area contributed by atoms with Crippen LogP contribution in [0.1, 0.15) is 33.1 Å². The molecule has 0 bridgehead atoms. The van der Waals surface area contributed by atoms with Gasteiger partial charge in [-0.1, -0.05) is 24.9 Å². The number of halogens is 1. The summed E-state index contributed by atoms with van der Waals surface area (Å²) >= 11 is 11.7. The minimum absolute atomic E-state index is 0.0317. The number of benzene rings is 1. The van der Waals surface area contributed by atoms with Crippen LogP contribution >= 0.6 is 23.8 Å². The van der Waals surface area contributed by atoms with Gasteiger partial charge in [-0.05, 0) is 56.2 Å². The Bertz CT molecular complexity index is 967. The van der Waals surface area contributed by atoms with E-state index >= 15 is 0 Å². The van der Waals surface area contributed by atoms with Crippen molar-refractivity contribution in [3.8, 4) is 11.4 Å². The van der Waals surface area contributed by atoms with Crippen LogP contribution in [0.4, 0.5) is 0 Å². The normalized spacial score (nSPS) is 18.8. The number of unbranched alkanes of at least 4 members (excludes halogenated alkanes) is 1. The van der Waals surface area contributed by atoms with Gasteiger partial charge >= 0.3 is 0 Å². The largest absolute Gasteiger partial charge is 0.300 e. The van der Waals surface area contributed by atoms with Gasteiger partial charge in [0.15, 0.2) is 20.4 Å². The molecule has 0 spiro atoms. The summed E-state index contributed by atoms with van der Waals surface area (Å²) in [7, 11) is -2.94. The number of rotatable bonds is 8. The zero-order valence-electron chi connectivity index (χ0n) is 16.3. The molecule has 1 saturated heterocycles. The van der Waals surface area contributed by atoms with Gasteiger partial charge in [0.25, 0.3) is 0 Å². The van der Waals surface area contributed by atoms with Gasteiger partial charge in [-0.3, -0.25) is 4.90 Å². The molecule has 0 amide bonds. The number of nitrogens with zero attached hydrogens (tertiary/aromatic N) is 4. The molecular weight excluding hydrogens is 416 g/mol. The molecule has 28 heavy (non-hydrogen) atoms. The zero-order chi connectivity index (χ0) is 20.3. The molecule has 1 fully saturated rings. The van der Waals surface area contributed by atoms with E-state index in [0.29, 0.717) is 29.4 Å². The van der Waals surface area contributed by atoms with Crippen LogP contribution in [0.5, 0.6) is 0 Å². The second-order valence-corrected chi connectivity index (χ2v) is 10.3. The lowest BCUT2D eigenvalue weighted by molar-refractivity contribution is 0.152. The maximum Gasteiger partial charge on any atom is 0.199 e. The summed E-state index contributed by atoms with van der Waals surface area (Å²) in [5.41, 5.74) is 0.958. The van der Waals surface area contributed by atoms with Crippen molar-refractivity contribution in [2.45, 2.75) is 52.4 Å². The van der Waals surface area contributed by atoms with Crippen LogP contribution in [0.15, 0.2) is 24.3 Å². The van der Waals surface area contributed by atoms with Crippen LogP contribution < -0.4 is 0 Å². The summed E-state index contributed by atoms with van der Waals surface area (Å²) in [4.78, 5) is 2.22. The average molecular weight is 443 g/mol. The third-order valence-corrected chi connectivity index (χ3v) is 7.61. The molecule has 2 heterocycles. The van der Waals surface area contributed by atoms with Gasteiger partial charge in [-0.25, -0.2) is 13.1 Å². The molecule has 1 atom stereocenters. The van der Waals surface area contributed by atoms with E-state index < -0.39 is 9.84 Å². The molecule has 0 saturated carbocycles. The highest BCUT2D eigenvalue weighted by Crippen LogP contribution is 2.23. The van der Waals surface area contributed by atoms with E-state index in [1.165, 1.54) is 0 Å². The van der Waals surface area contributed by atoms with Gasteiger partial charge in [-0.2, -0.15) is 5.10 Å². The molecule has 0 N–H and O–H groups in total. The Morgan fingerprint density at radius 2 is 2.00 bits per heavy atom. The number of hydrogen-bond acceptors (Lipinski definition) is 5. The first-order chi connectivity index (χ1) is 13.3. The molecule has 6 nitrogen and oxygen atoms in total. The third kappa shape index (κ3) is 4.84. The van der Waals surface area contributed by atoms with E-state index in [4.69, 9.17) is 28.9 Å². The Hall–Kier alpha value is -1.22. The second-order valence-electron chi connectivity index (χ2n) is 7.22. The molecule has 2 aromatic rings. The second kappa shape index (κ2) is 9.07. The maximum atomic E-state index is 12.0. The van der Waals surface area contributed by atoms with Crippen LogP contribution in [-0.4, -0.2) is 51.8 Å². The minimum atomic E-state index is -2.94. The molecule has 1 aliphatic rings. The van der Waals surface area contributed by atoms with Gasteiger partial charge in [0, 0.05) is 29.7 Å². The zero-order valence-corrected chi connectivity index (χ0v) is 18.7. The molecular formula is C19H27ClN4O2S2. The van der Waals surface area contributed by atoms with Crippen molar-refractivity contribution in [2.75, 3.05) is 18.1 Å². The molecule has 154 valence electrons. The quantitative estimate of drug-likeness (QED) is 0.578. The highest BCUT2D eigenvalue weighted by atomic mass is 35.5. The van der Waals surface area contributed by atoms with Crippen molar-refractivity contribution in [3.05, 3.63) is 34.1 Å². The predicted molar refractivity (Wildman–Crippen MR) is 116 cm³/mol. The van der Waals surface area contributed by atoms with Crippen molar-refractivity contribution >= 4 is 33.7 Å². The summed E-state index contributed by atoms with van der Waals surface area (Å²) < 4.78 is 28.4. The standard InChI is InChI=1S/C19H27ClN4O2S2/c1-3-5-11-22(17-10-12-28(25,26)13-17)14-24-19(27)23(4-2)18(21-24)15-6-8-16(20)9-7-15/h6-9,17H,3-5,10-14H2,1-2H3. The van der Waals surface area contributed by atoms with E-state index in [1.54, 1.807) is 0 Å². The van der Waals surface area contributed by atoms with Crippen molar-refractivity contribution in [1.29, 1.82) is 0 Å². The van der Waals surface area contributed by atoms with E-state index in [9.17, 15) is 8.42 Å². The maximum absolute atomic E-state index is 12.0. The number of hydrogen-bond donors (Lipinski definition) is 0. The molecule has 3 rings (SSSR count). The number of sulfone groups is 1. The summed E-state index contributed by atoms with van der Waals surface area (Å²) in [6.45, 7) is 6.24. The highest BCUT2D eigenvalue weighted by molar-refractivity contribution is 7.91. The first-order valence-corrected chi connectivity index (χ1v) is 12.3. The fourth-order valence-electron chi connectivity index (χ4n) is 3.60. The van der Waals surface area contributed by atoms with Crippen molar-refractivity contribution in [1.82, 2.24) is 19.2 Å². The number of aromatic nitrogens is 3. The van der Waals surface area contributed by atoms with Crippen LogP contribution in [0, 0.1) is 4.77 Å². The predicted octanol–water partition coefficient (Wildman–Crippen LogP) is 4.00. The monoisotopic (exact) mass is 442 g/mol. The van der Waals surface area contributed by atoms with E-state index in [1.807, 2.05) is 40.4 Å². The van der Waals surface area contributed by atoms with Crippen molar-refractivity contribution in [2.24, 2.45) is 0 Å². The van der Waals surface area contributed by atoms with Gasteiger partial charge < -0.3 is 4.57 Å². The first kappa shape index (κ1) is 21.5. The Labute approximate surface area is 177 Å². The lowest BCUT2D eigenvalue weighted by Crippen LogP contribution is -2.38. The van der Waals surface area contributed by atoms with Crippen molar-refractivity contribution < 1.29 is 8.42 Å². The highest BCUT2D eigenvalue weighted by Gasteiger charge is 2.32. The summed E-state index contributed by atoms with van der Waals surface area (Å²) in [6.07, 6.45) is 2.75. The first-order valence-electron chi connectivity index (χ1n) is 9.72. The summed E-state index contributed by atoms with van der Waals surface area (Å²) in [5, 5.41) is 5.46. The topological polar surface area (TPSA) is 60.1 Å². The third-order valence-electron chi connectivity index (χ3n) is 5.18. The van der Waals surface area contributed by atoms with Gasteiger partial charge in [0.1, 0.15) is 0 Å². The molecule has 1 aromatic heterocycles. The molecule has 1 unspecified atom stereocenters. The lowest BCUT2D eigenvalue weighted by atomic mass is 10.2. The Balaban J connectivity index is 1.90. The molecule has 9 heteroatoms. The molecule has 1 aromatic carbocycles. The Morgan fingerprint density at radius 1 is 1.29 bits per heavy atom. The molecule has 0 aliphatic carbocycles. The van der Waals surface area contributed by atoms with Gasteiger partial charge in [0.2, 0.25) is 0 Å². The average Bonchev–Trinajstić information content (AvgIpc) is 3.18. The van der Waals surface area contributed by atoms with Crippen LogP contribution in [0.2, 0.25) is 5.02 Å². The van der Waals surface area contributed by atoms with Crippen molar-refractivity contribution in [3.63, 3.8) is 0 Å². The van der Waals surface area contributed by atoms with Crippen LogP contribution in [-0.2, 0) is 23.1 Å². The fourth-order valence-corrected chi connectivity index (χ4v) is 5.80. The summed E-state index contributed by atoms with van der Waals surface area (Å²) in [5.74, 6) is 1.30. The van der Waals surface area contributed by atoms with Gasteiger partial charge in [0.05, 0.1) is 18.2 Å². The fraction of sp³-hybridized carbons (Fsp3) is 0.579. The van der Waals surface area contributed by atoms with E-state index in [2.05, 4.69) is 11.8 Å².